The summed E-state index contributed by atoms with van der Waals surface area (Å²) < 4.78 is 0. The van der Waals surface area contributed by atoms with Crippen LogP contribution in [-0.4, -0.2) is 30.5 Å². The van der Waals surface area contributed by atoms with E-state index in [9.17, 15) is 4.79 Å². The molecule has 1 amide bonds. The van der Waals surface area contributed by atoms with Crippen LogP contribution in [0.4, 0.5) is 5.82 Å². The number of pyridine rings is 1. The molecule has 1 aliphatic rings. The Morgan fingerprint density at radius 3 is 2.95 bits per heavy atom. The number of amides is 1. The van der Waals surface area contributed by atoms with Crippen LogP contribution in [-0.2, 0) is 4.79 Å². The molecule has 1 aliphatic heterocycles. The topological polar surface area (TPSA) is 69.0 Å². The van der Waals surface area contributed by atoms with Crippen molar-refractivity contribution in [3.8, 4) is 6.07 Å². The average Bonchev–Trinajstić information content (AvgIpc) is 2.46. The van der Waals surface area contributed by atoms with Crippen LogP contribution in [0, 0.1) is 18.3 Å². The van der Waals surface area contributed by atoms with E-state index in [0.29, 0.717) is 11.3 Å². The summed E-state index contributed by atoms with van der Waals surface area (Å²) in [5.74, 6) is 0.813. The molecule has 2 heterocycles. The monoisotopic (exact) mass is 258 g/mol. The highest BCUT2D eigenvalue weighted by Gasteiger charge is 2.29. The lowest BCUT2D eigenvalue weighted by Gasteiger charge is -2.35. The fourth-order valence-corrected chi connectivity index (χ4v) is 2.47. The lowest BCUT2D eigenvalue weighted by Crippen LogP contribution is -2.49. The molecule has 0 aliphatic carbocycles. The number of anilines is 1. The van der Waals surface area contributed by atoms with E-state index in [1.807, 2.05) is 17.9 Å². The van der Waals surface area contributed by atoms with Crippen LogP contribution in [0.2, 0.25) is 0 Å². The molecule has 100 valence electrons. The number of hydrogen-bond donors (Lipinski definition) is 1. The minimum atomic E-state index is -0.154. The van der Waals surface area contributed by atoms with E-state index in [2.05, 4.69) is 16.4 Å². The van der Waals surface area contributed by atoms with Crippen LogP contribution >= 0.6 is 0 Å². The Labute approximate surface area is 113 Å². The first-order valence-electron chi connectivity index (χ1n) is 6.53. The zero-order chi connectivity index (χ0) is 13.8. The fourth-order valence-electron chi connectivity index (χ4n) is 2.47. The molecule has 0 radical (unpaired) electrons. The maximum atomic E-state index is 11.9. The number of carbonyl (C=O) groups is 1. The first-order chi connectivity index (χ1) is 9.17. The molecule has 19 heavy (non-hydrogen) atoms. The Balaban J connectivity index is 2.30. The van der Waals surface area contributed by atoms with Gasteiger partial charge in [0.25, 0.3) is 0 Å². The fraction of sp³-hybridized carbons (Fsp3) is 0.500. The summed E-state index contributed by atoms with van der Waals surface area (Å²) in [6, 6.07) is 5.55. The minimum Gasteiger partial charge on any atom is -0.357 e. The third-order valence-corrected chi connectivity index (χ3v) is 3.54. The van der Waals surface area contributed by atoms with Crippen molar-refractivity contribution in [2.45, 2.75) is 32.2 Å². The van der Waals surface area contributed by atoms with Crippen molar-refractivity contribution in [1.82, 2.24) is 10.3 Å². The van der Waals surface area contributed by atoms with Gasteiger partial charge in [0, 0.05) is 13.6 Å². The minimum absolute atomic E-state index is 0.0310. The number of piperidine rings is 1. The summed E-state index contributed by atoms with van der Waals surface area (Å²) >= 11 is 0. The third-order valence-electron chi connectivity index (χ3n) is 3.54. The second-order valence-corrected chi connectivity index (χ2v) is 4.73. The van der Waals surface area contributed by atoms with Gasteiger partial charge in [-0.2, -0.15) is 5.26 Å². The second-order valence-electron chi connectivity index (χ2n) is 4.73. The number of nitrogens with one attached hydrogen (secondary N) is 1. The highest BCUT2D eigenvalue weighted by molar-refractivity contribution is 5.84. The number of carbonyl (C=O) groups excluding carboxylic acids is 1. The number of nitriles is 1. The molecule has 0 bridgehead atoms. The molecular weight excluding hydrogens is 240 g/mol. The van der Waals surface area contributed by atoms with Gasteiger partial charge < -0.3 is 10.2 Å². The largest absolute Gasteiger partial charge is 0.357 e. The molecule has 1 fully saturated rings. The van der Waals surface area contributed by atoms with E-state index in [4.69, 9.17) is 5.26 Å². The number of aromatic nitrogens is 1. The molecule has 1 atom stereocenters. The lowest BCUT2D eigenvalue weighted by molar-refractivity contribution is -0.122. The van der Waals surface area contributed by atoms with Gasteiger partial charge in [-0.05, 0) is 38.3 Å². The molecule has 1 aromatic rings. The SMILES string of the molecule is CNC(=O)C1CCCCN1c1ccc(C#N)c(C)n1. The van der Waals surface area contributed by atoms with E-state index >= 15 is 0 Å². The Kier molecular flexibility index (Phi) is 4.00. The van der Waals surface area contributed by atoms with Gasteiger partial charge in [0.15, 0.2) is 0 Å². The van der Waals surface area contributed by atoms with Gasteiger partial charge >= 0.3 is 0 Å². The van der Waals surface area contributed by atoms with Crippen molar-refractivity contribution in [3.63, 3.8) is 0 Å². The van der Waals surface area contributed by atoms with Gasteiger partial charge in [0.05, 0.1) is 11.3 Å². The normalized spacial score (nSPS) is 18.8. The van der Waals surface area contributed by atoms with Crippen LogP contribution in [0.3, 0.4) is 0 Å². The van der Waals surface area contributed by atoms with Crippen molar-refractivity contribution < 1.29 is 4.79 Å². The molecular formula is C14H18N4O. The highest BCUT2D eigenvalue weighted by atomic mass is 16.2. The maximum Gasteiger partial charge on any atom is 0.242 e. The van der Waals surface area contributed by atoms with Crippen molar-refractivity contribution in [1.29, 1.82) is 5.26 Å². The van der Waals surface area contributed by atoms with E-state index in [1.165, 1.54) is 0 Å². The predicted octanol–water partition coefficient (Wildman–Crippen LogP) is 1.37. The summed E-state index contributed by atoms with van der Waals surface area (Å²) in [6.07, 6.45) is 2.97. The molecule has 1 aromatic heterocycles. The van der Waals surface area contributed by atoms with Crippen LogP contribution in [0.5, 0.6) is 0 Å². The smallest absolute Gasteiger partial charge is 0.242 e. The number of likely N-dealkylation sites (N-methyl/N-ethyl adjacent to an activating group) is 1. The summed E-state index contributed by atoms with van der Waals surface area (Å²) in [6.45, 7) is 2.65. The first kappa shape index (κ1) is 13.3. The second kappa shape index (κ2) is 5.70. The van der Waals surface area contributed by atoms with E-state index in [1.54, 1.807) is 13.1 Å². The van der Waals surface area contributed by atoms with Crippen molar-refractivity contribution in [3.05, 3.63) is 23.4 Å². The number of hydrogen-bond acceptors (Lipinski definition) is 4. The summed E-state index contributed by atoms with van der Waals surface area (Å²) in [7, 11) is 1.66. The van der Waals surface area contributed by atoms with Crippen LogP contribution in [0.1, 0.15) is 30.5 Å². The molecule has 5 heteroatoms. The van der Waals surface area contributed by atoms with Crippen LogP contribution in [0.25, 0.3) is 0 Å². The molecule has 0 saturated carbocycles. The quantitative estimate of drug-likeness (QED) is 0.869. The molecule has 5 nitrogen and oxygen atoms in total. The van der Waals surface area contributed by atoms with Gasteiger partial charge in [0.1, 0.15) is 17.9 Å². The molecule has 1 N–H and O–H groups in total. The standard InChI is InChI=1S/C14H18N4O/c1-10-11(9-15)6-7-13(17-10)18-8-4-3-5-12(18)14(19)16-2/h6-7,12H,3-5,8H2,1-2H3,(H,16,19). The predicted molar refractivity (Wildman–Crippen MR) is 72.7 cm³/mol. The van der Waals surface area contributed by atoms with Crippen LogP contribution in [0.15, 0.2) is 12.1 Å². The molecule has 0 spiro atoms. The number of rotatable bonds is 2. The number of nitrogens with zero attached hydrogens (tertiary/aromatic N) is 3. The van der Waals surface area contributed by atoms with Gasteiger partial charge in [0.2, 0.25) is 5.91 Å². The van der Waals surface area contributed by atoms with Crippen LogP contribution < -0.4 is 10.2 Å². The van der Waals surface area contributed by atoms with Crippen molar-refractivity contribution >= 4 is 11.7 Å². The highest BCUT2D eigenvalue weighted by Crippen LogP contribution is 2.24. The van der Waals surface area contributed by atoms with Crippen molar-refractivity contribution in [2.75, 3.05) is 18.5 Å². The van der Waals surface area contributed by atoms with Gasteiger partial charge in [-0.3, -0.25) is 4.79 Å². The Morgan fingerprint density at radius 2 is 2.32 bits per heavy atom. The zero-order valence-corrected chi connectivity index (χ0v) is 11.3. The van der Waals surface area contributed by atoms with E-state index in [0.717, 1.165) is 31.6 Å². The van der Waals surface area contributed by atoms with Gasteiger partial charge in [-0.25, -0.2) is 4.98 Å². The lowest BCUT2D eigenvalue weighted by atomic mass is 10.0. The number of aryl methyl sites for hydroxylation is 1. The van der Waals surface area contributed by atoms with E-state index in [-0.39, 0.29) is 11.9 Å². The van der Waals surface area contributed by atoms with Gasteiger partial charge in [-0.1, -0.05) is 0 Å². The molecule has 1 saturated heterocycles. The summed E-state index contributed by atoms with van der Waals surface area (Å²) in [5.41, 5.74) is 1.29. The zero-order valence-electron chi connectivity index (χ0n) is 11.3. The average molecular weight is 258 g/mol. The molecule has 0 aromatic carbocycles. The Morgan fingerprint density at radius 1 is 1.53 bits per heavy atom. The van der Waals surface area contributed by atoms with Crippen molar-refractivity contribution in [2.24, 2.45) is 0 Å². The first-order valence-corrected chi connectivity index (χ1v) is 6.53. The Bertz CT molecular complexity index is 521. The summed E-state index contributed by atoms with van der Waals surface area (Å²) in [4.78, 5) is 18.4. The van der Waals surface area contributed by atoms with E-state index < -0.39 is 0 Å². The third kappa shape index (κ3) is 2.68. The Hall–Kier alpha value is -2.09. The van der Waals surface area contributed by atoms with Gasteiger partial charge in [-0.15, -0.1) is 0 Å². The summed E-state index contributed by atoms with van der Waals surface area (Å²) in [5, 5.41) is 11.6. The molecule has 1 unspecified atom stereocenters. The maximum absolute atomic E-state index is 11.9. The molecule has 2 rings (SSSR count).